The number of rotatable bonds is 7. The van der Waals surface area contributed by atoms with Crippen molar-refractivity contribution in [1.29, 1.82) is 0 Å². The van der Waals surface area contributed by atoms with Gasteiger partial charge in [0.1, 0.15) is 11.5 Å². The molecule has 0 aliphatic heterocycles. The first-order valence-corrected chi connectivity index (χ1v) is 10.9. The summed E-state index contributed by atoms with van der Waals surface area (Å²) >= 11 is 0. The zero-order valence-corrected chi connectivity index (χ0v) is 16.4. The van der Waals surface area contributed by atoms with Crippen LogP contribution >= 0.6 is 15.6 Å². The van der Waals surface area contributed by atoms with E-state index in [0.29, 0.717) is 5.56 Å². The van der Waals surface area contributed by atoms with Gasteiger partial charge in [-0.2, -0.15) is 0 Å². The zero-order valence-electron chi connectivity index (χ0n) is 14.6. The molecular weight excluding hydrogens is 394 g/mol. The molecule has 0 aliphatic carbocycles. The molecule has 4 N–H and O–H groups in total. The second-order valence-corrected chi connectivity index (χ2v) is 8.32. The standard InChI is InChI=1S/C17H20O8P2/c1-12(2)17-15(24-26(18,19)20)10-14(11-16(17)25-27(21,22)23)9-8-13-6-4-3-5-7-13/h3-12H,1-2H3,(H2,18,19,20)(H2,21,22,23). The van der Waals surface area contributed by atoms with E-state index in [0.717, 1.165) is 5.56 Å². The second-order valence-electron chi connectivity index (χ2n) is 5.99. The van der Waals surface area contributed by atoms with Crippen molar-refractivity contribution in [2.45, 2.75) is 19.8 Å². The first-order chi connectivity index (χ1) is 12.4. The van der Waals surface area contributed by atoms with Gasteiger partial charge >= 0.3 is 15.6 Å². The third-order valence-corrected chi connectivity index (χ3v) is 4.28. The lowest BCUT2D eigenvalue weighted by Crippen LogP contribution is -2.02. The molecule has 2 rings (SSSR count). The molecule has 2 aromatic rings. The van der Waals surface area contributed by atoms with Crippen LogP contribution in [0.1, 0.15) is 36.5 Å². The Hall–Kier alpha value is -1.92. The van der Waals surface area contributed by atoms with Crippen LogP contribution in [-0.2, 0) is 9.13 Å². The second kappa shape index (κ2) is 8.40. The molecule has 0 atom stereocenters. The monoisotopic (exact) mass is 414 g/mol. The van der Waals surface area contributed by atoms with Crippen LogP contribution in [0.5, 0.6) is 11.5 Å². The van der Waals surface area contributed by atoms with Gasteiger partial charge in [0.2, 0.25) is 0 Å². The summed E-state index contributed by atoms with van der Waals surface area (Å²) < 4.78 is 32.1. The summed E-state index contributed by atoms with van der Waals surface area (Å²) in [5.41, 5.74) is 1.38. The number of hydrogen-bond acceptors (Lipinski definition) is 4. The smallest absolute Gasteiger partial charge is 0.404 e. The van der Waals surface area contributed by atoms with Crippen molar-refractivity contribution in [3.63, 3.8) is 0 Å². The molecule has 0 saturated carbocycles. The van der Waals surface area contributed by atoms with Crippen molar-refractivity contribution >= 4 is 27.8 Å². The third-order valence-electron chi connectivity index (χ3n) is 3.41. The molecule has 2 aromatic carbocycles. The molecule has 27 heavy (non-hydrogen) atoms. The number of phosphoric acid groups is 2. The summed E-state index contributed by atoms with van der Waals surface area (Å²) in [5, 5.41) is 0. The van der Waals surface area contributed by atoms with Crippen molar-refractivity contribution in [3.05, 3.63) is 59.2 Å². The minimum absolute atomic E-state index is 0.138. The Labute approximate surface area is 156 Å². The van der Waals surface area contributed by atoms with E-state index in [1.54, 1.807) is 26.0 Å². The SMILES string of the molecule is CC(C)c1c(OP(=O)(O)O)cc(C=Cc2ccccc2)cc1OP(=O)(O)O. The highest BCUT2D eigenvalue weighted by molar-refractivity contribution is 7.47. The Balaban J connectivity index is 2.58. The minimum Gasteiger partial charge on any atom is -0.404 e. The summed E-state index contributed by atoms with van der Waals surface area (Å²) in [6.07, 6.45) is 3.34. The molecule has 0 unspecified atom stereocenters. The first-order valence-electron chi connectivity index (χ1n) is 7.86. The molecule has 0 amide bonds. The van der Waals surface area contributed by atoms with E-state index in [4.69, 9.17) is 9.05 Å². The van der Waals surface area contributed by atoms with Crippen LogP contribution < -0.4 is 9.05 Å². The Morgan fingerprint density at radius 3 is 1.67 bits per heavy atom. The third kappa shape index (κ3) is 6.96. The average molecular weight is 414 g/mol. The van der Waals surface area contributed by atoms with Gasteiger partial charge in [0, 0.05) is 5.56 Å². The molecule has 0 aliphatic rings. The average Bonchev–Trinajstić information content (AvgIpc) is 2.50. The largest absolute Gasteiger partial charge is 0.524 e. The first kappa shape index (κ1) is 21.4. The highest BCUT2D eigenvalue weighted by Gasteiger charge is 2.26. The maximum absolute atomic E-state index is 11.3. The highest BCUT2D eigenvalue weighted by Crippen LogP contribution is 2.48. The number of phosphoric ester groups is 2. The maximum Gasteiger partial charge on any atom is 0.524 e. The van der Waals surface area contributed by atoms with Crippen molar-refractivity contribution in [3.8, 4) is 11.5 Å². The molecule has 0 saturated heterocycles. The van der Waals surface area contributed by atoms with E-state index < -0.39 is 15.6 Å². The van der Waals surface area contributed by atoms with Gasteiger partial charge in [-0.3, -0.25) is 19.6 Å². The van der Waals surface area contributed by atoms with E-state index in [1.165, 1.54) is 12.1 Å². The summed E-state index contributed by atoms with van der Waals surface area (Å²) in [5.74, 6) is -0.811. The fourth-order valence-corrected chi connectivity index (χ4v) is 3.27. The van der Waals surface area contributed by atoms with Crippen molar-refractivity contribution in [2.24, 2.45) is 0 Å². The minimum atomic E-state index is -4.90. The zero-order chi connectivity index (χ0) is 20.2. The van der Waals surface area contributed by atoms with E-state index >= 15 is 0 Å². The van der Waals surface area contributed by atoms with Crippen LogP contribution in [0.15, 0.2) is 42.5 Å². The van der Waals surface area contributed by atoms with Crippen LogP contribution in [-0.4, -0.2) is 19.6 Å². The fourth-order valence-electron chi connectivity index (χ4n) is 2.45. The van der Waals surface area contributed by atoms with Gasteiger partial charge in [-0.05, 0) is 29.2 Å². The van der Waals surface area contributed by atoms with Crippen LogP contribution in [0, 0.1) is 0 Å². The van der Waals surface area contributed by atoms with E-state index in [9.17, 15) is 28.7 Å². The van der Waals surface area contributed by atoms with Crippen LogP contribution in [0.25, 0.3) is 12.2 Å². The highest BCUT2D eigenvalue weighted by atomic mass is 31.2. The summed E-state index contributed by atoms with van der Waals surface area (Å²) in [7, 11) is -9.79. The molecule has 0 aromatic heterocycles. The number of benzene rings is 2. The van der Waals surface area contributed by atoms with Gasteiger partial charge < -0.3 is 9.05 Å². The normalized spacial score (nSPS) is 12.6. The van der Waals surface area contributed by atoms with Crippen LogP contribution in [0.3, 0.4) is 0 Å². The molecule has 146 valence electrons. The Bertz CT molecular complexity index is 867. The summed E-state index contributed by atoms with van der Waals surface area (Å²) in [6, 6.07) is 12.0. The molecular formula is C17H20O8P2. The lowest BCUT2D eigenvalue weighted by atomic mass is 9.98. The lowest BCUT2D eigenvalue weighted by molar-refractivity contribution is 0.278. The summed E-state index contributed by atoms with van der Waals surface area (Å²) in [4.78, 5) is 36.7. The molecule has 10 heteroatoms. The summed E-state index contributed by atoms with van der Waals surface area (Å²) in [6.45, 7) is 3.35. The molecule has 0 heterocycles. The molecule has 0 fully saturated rings. The maximum atomic E-state index is 11.3. The number of hydrogen-bond donors (Lipinski definition) is 4. The van der Waals surface area contributed by atoms with Crippen LogP contribution in [0.4, 0.5) is 0 Å². The van der Waals surface area contributed by atoms with Gasteiger partial charge in [-0.25, -0.2) is 9.13 Å². The van der Waals surface area contributed by atoms with Gasteiger partial charge in [0.05, 0.1) is 0 Å². The lowest BCUT2D eigenvalue weighted by Gasteiger charge is -2.20. The van der Waals surface area contributed by atoms with E-state index in [2.05, 4.69) is 0 Å². The van der Waals surface area contributed by atoms with Crippen molar-refractivity contribution < 1.29 is 37.8 Å². The quantitative estimate of drug-likeness (QED) is 0.396. The van der Waals surface area contributed by atoms with Crippen molar-refractivity contribution in [1.82, 2.24) is 0 Å². The topological polar surface area (TPSA) is 134 Å². The molecule has 0 bridgehead atoms. The van der Waals surface area contributed by atoms with Gasteiger partial charge in [-0.15, -0.1) is 0 Å². The molecule has 0 spiro atoms. The molecule has 8 nitrogen and oxygen atoms in total. The van der Waals surface area contributed by atoms with Gasteiger partial charge in [0.25, 0.3) is 0 Å². The Kier molecular flexibility index (Phi) is 6.65. The van der Waals surface area contributed by atoms with Crippen LogP contribution in [0.2, 0.25) is 0 Å². The van der Waals surface area contributed by atoms with E-state index in [-0.39, 0.29) is 23.0 Å². The Morgan fingerprint density at radius 2 is 1.26 bits per heavy atom. The predicted octanol–water partition coefficient (Wildman–Crippen LogP) is 3.92. The van der Waals surface area contributed by atoms with Gasteiger partial charge in [-0.1, -0.05) is 56.3 Å². The molecule has 0 radical (unpaired) electrons. The van der Waals surface area contributed by atoms with Gasteiger partial charge in [0.15, 0.2) is 0 Å². The fraction of sp³-hybridized carbons (Fsp3) is 0.176. The van der Waals surface area contributed by atoms with E-state index in [1.807, 2.05) is 30.3 Å². The predicted molar refractivity (Wildman–Crippen MR) is 101 cm³/mol. The Morgan fingerprint density at radius 1 is 0.815 bits per heavy atom. The van der Waals surface area contributed by atoms with Crippen molar-refractivity contribution in [2.75, 3.05) is 0 Å².